The zero-order chi connectivity index (χ0) is 14.4. The molecule has 0 bridgehead atoms. The minimum Gasteiger partial charge on any atom is -0.295 e. The van der Waals surface area contributed by atoms with E-state index >= 15 is 0 Å². The van der Waals surface area contributed by atoms with Gasteiger partial charge in [0.1, 0.15) is 5.82 Å². The van der Waals surface area contributed by atoms with Crippen molar-refractivity contribution in [3.05, 3.63) is 52.8 Å². The number of rotatable bonds is 2. The van der Waals surface area contributed by atoms with Gasteiger partial charge in [0.15, 0.2) is 0 Å². The summed E-state index contributed by atoms with van der Waals surface area (Å²) in [6, 6.07) is 11.9. The number of hydrogen-bond donors (Lipinski definition) is 0. The molecule has 6 heteroatoms. The summed E-state index contributed by atoms with van der Waals surface area (Å²) < 4.78 is 3.21. The quantitative estimate of drug-likeness (QED) is 0.482. The van der Waals surface area contributed by atoms with Crippen LogP contribution in [0, 0.1) is 0 Å². The van der Waals surface area contributed by atoms with E-state index in [0.29, 0.717) is 10.9 Å². The Hall–Kier alpha value is -1.62. The summed E-state index contributed by atoms with van der Waals surface area (Å²) in [5, 5.41) is 0.672. The van der Waals surface area contributed by atoms with E-state index in [0.717, 1.165) is 32.8 Å². The average molecular weight is 334 g/mol. The third-order valence-corrected chi connectivity index (χ3v) is 4.64. The molecule has 21 heavy (non-hydrogen) atoms. The van der Waals surface area contributed by atoms with Crippen LogP contribution in [0.4, 0.5) is 0 Å². The fraction of sp³-hybridized carbons (Fsp3) is 0.0667. The second-order valence-electron chi connectivity index (χ2n) is 4.63. The van der Waals surface area contributed by atoms with E-state index in [1.165, 1.54) is 0 Å². The van der Waals surface area contributed by atoms with Gasteiger partial charge in [-0.1, -0.05) is 11.6 Å². The molecule has 0 aliphatic carbocycles. The first-order valence-corrected chi connectivity index (χ1v) is 8.12. The van der Waals surface area contributed by atoms with Gasteiger partial charge in [0.05, 0.1) is 32.6 Å². The van der Waals surface area contributed by atoms with Crippen LogP contribution in [0.3, 0.4) is 0 Å². The number of alkyl halides is 1. The average Bonchev–Trinajstić information content (AvgIpc) is 3.09. The minimum atomic E-state index is 0.340. The molecule has 0 aliphatic rings. The molecule has 0 radical (unpaired) electrons. The number of halogens is 2. The van der Waals surface area contributed by atoms with Gasteiger partial charge in [-0.3, -0.25) is 4.57 Å². The summed E-state index contributed by atoms with van der Waals surface area (Å²) in [7, 11) is 0. The summed E-state index contributed by atoms with van der Waals surface area (Å²) in [6.07, 6.45) is 0. The Balaban J connectivity index is 2.03. The molecule has 4 aromatic rings. The van der Waals surface area contributed by atoms with Crippen LogP contribution in [0.1, 0.15) is 5.82 Å². The van der Waals surface area contributed by atoms with E-state index in [1.807, 2.05) is 35.8 Å². The van der Waals surface area contributed by atoms with Crippen molar-refractivity contribution >= 4 is 55.8 Å². The highest BCUT2D eigenvalue weighted by Crippen LogP contribution is 2.28. The van der Waals surface area contributed by atoms with Gasteiger partial charge in [-0.15, -0.1) is 22.9 Å². The third-order valence-electron chi connectivity index (χ3n) is 3.38. The minimum absolute atomic E-state index is 0.340. The maximum atomic E-state index is 6.06. The first-order valence-electron chi connectivity index (χ1n) is 6.33. The van der Waals surface area contributed by atoms with Crippen LogP contribution in [0.5, 0.6) is 0 Å². The van der Waals surface area contributed by atoms with Crippen LogP contribution in [0.15, 0.2) is 41.9 Å². The molecule has 0 saturated heterocycles. The monoisotopic (exact) mass is 333 g/mol. The normalized spacial score (nSPS) is 11.5. The molecule has 2 aromatic heterocycles. The van der Waals surface area contributed by atoms with Gasteiger partial charge in [0.2, 0.25) is 0 Å². The Morgan fingerprint density at radius 3 is 2.86 bits per heavy atom. The summed E-state index contributed by atoms with van der Waals surface area (Å²) >= 11 is 13.7. The molecule has 0 amide bonds. The van der Waals surface area contributed by atoms with Crippen LogP contribution in [0.2, 0.25) is 5.02 Å². The highest BCUT2D eigenvalue weighted by molar-refractivity contribution is 7.16. The zero-order valence-corrected chi connectivity index (χ0v) is 13.1. The molecule has 0 N–H and O–H groups in total. The van der Waals surface area contributed by atoms with Crippen LogP contribution in [-0.4, -0.2) is 14.5 Å². The number of aromatic nitrogens is 3. The van der Waals surface area contributed by atoms with Crippen LogP contribution < -0.4 is 0 Å². The summed E-state index contributed by atoms with van der Waals surface area (Å²) in [5.74, 6) is 1.14. The summed E-state index contributed by atoms with van der Waals surface area (Å²) in [6.45, 7) is 0. The van der Waals surface area contributed by atoms with Crippen molar-refractivity contribution in [2.45, 2.75) is 5.88 Å². The molecule has 0 saturated carbocycles. The summed E-state index contributed by atoms with van der Waals surface area (Å²) in [5.41, 5.74) is 5.74. The fourth-order valence-corrected chi connectivity index (χ4v) is 3.52. The van der Waals surface area contributed by atoms with Gasteiger partial charge in [0, 0.05) is 10.7 Å². The predicted octanol–water partition coefficient (Wildman–Crippen LogP) is 5.03. The van der Waals surface area contributed by atoms with Crippen molar-refractivity contribution < 1.29 is 0 Å². The number of thiazole rings is 1. The molecular formula is C15H9Cl2N3S. The van der Waals surface area contributed by atoms with Crippen molar-refractivity contribution in [1.29, 1.82) is 0 Å². The molecule has 0 atom stereocenters. The van der Waals surface area contributed by atoms with Crippen LogP contribution in [0.25, 0.3) is 26.9 Å². The fourth-order valence-electron chi connectivity index (χ4n) is 2.46. The Morgan fingerprint density at radius 2 is 2.00 bits per heavy atom. The molecule has 2 heterocycles. The van der Waals surface area contributed by atoms with Crippen molar-refractivity contribution in [3.63, 3.8) is 0 Å². The second kappa shape index (κ2) is 4.98. The van der Waals surface area contributed by atoms with E-state index in [2.05, 4.69) is 20.6 Å². The Labute approximate surface area is 134 Å². The topological polar surface area (TPSA) is 30.7 Å². The lowest BCUT2D eigenvalue weighted by Crippen LogP contribution is -1.98. The van der Waals surface area contributed by atoms with E-state index in [1.54, 1.807) is 11.3 Å². The lowest BCUT2D eigenvalue weighted by molar-refractivity contribution is 0.984. The second-order valence-corrected chi connectivity index (χ2v) is 6.22. The third kappa shape index (κ3) is 2.11. The highest BCUT2D eigenvalue weighted by atomic mass is 35.5. The van der Waals surface area contributed by atoms with Gasteiger partial charge in [-0.25, -0.2) is 9.97 Å². The lowest BCUT2D eigenvalue weighted by Gasteiger charge is -2.07. The Kier molecular flexibility index (Phi) is 3.10. The number of nitrogens with zero attached hydrogens (tertiary/aromatic N) is 3. The maximum absolute atomic E-state index is 6.06. The van der Waals surface area contributed by atoms with Gasteiger partial charge >= 0.3 is 0 Å². The molecule has 0 aliphatic heterocycles. The molecular weight excluding hydrogens is 325 g/mol. The molecule has 2 aromatic carbocycles. The zero-order valence-electron chi connectivity index (χ0n) is 10.8. The van der Waals surface area contributed by atoms with E-state index in [4.69, 9.17) is 23.2 Å². The van der Waals surface area contributed by atoms with Crippen LogP contribution in [-0.2, 0) is 5.88 Å². The van der Waals surface area contributed by atoms with Gasteiger partial charge in [-0.05, 0) is 36.4 Å². The number of hydrogen-bond acceptors (Lipinski definition) is 3. The first-order chi connectivity index (χ1) is 10.3. The number of benzene rings is 2. The molecule has 3 nitrogen and oxygen atoms in total. The molecule has 0 fully saturated rings. The lowest BCUT2D eigenvalue weighted by atomic mass is 10.2. The number of imidazole rings is 1. The molecule has 0 unspecified atom stereocenters. The Bertz CT molecular complexity index is 958. The smallest absolute Gasteiger partial charge is 0.129 e. The largest absolute Gasteiger partial charge is 0.295 e. The first kappa shape index (κ1) is 13.1. The SMILES string of the molecule is ClCc1nc2cc(Cl)ccc2n1-c1ccc2ncsc2c1. The summed E-state index contributed by atoms with van der Waals surface area (Å²) in [4.78, 5) is 8.88. The van der Waals surface area contributed by atoms with Crippen molar-refractivity contribution in [1.82, 2.24) is 14.5 Å². The van der Waals surface area contributed by atoms with Gasteiger partial charge in [0.25, 0.3) is 0 Å². The highest BCUT2D eigenvalue weighted by Gasteiger charge is 2.12. The molecule has 0 spiro atoms. The molecule has 104 valence electrons. The standard InChI is InChI=1S/C15H9Cl2N3S/c16-7-15-19-12-5-9(17)1-4-13(12)20(15)10-2-3-11-14(6-10)21-8-18-11/h1-6,8H,7H2. The van der Waals surface area contributed by atoms with Crippen molar-refractivity contribution in [3.8, 4) is 5.69 Å². The molecule has 4 rings (SSSR count). The van der Waals surface area contributed by atoms with Crippen molar-refractivity contribution in [2.24, 2.45) is 0 Å². The maximum Gasteiger partial charge on any atom is 0.129 e. The Morgan fingerprint density at radius 1 is 1.10 bits per heavy atom. The van der Waals surface area contributed by atoms with Gasteiger partial charge in [-0.2, -0.15) is 0 Å². The van der Waals surface area contributed by atoms with Crippen molar-refractivity contribution in [2.75, 3.05) is 0 Å². The predicted molar refractivity (Wildman–Crippen MR) is 88.8 cm³/mol. The van der Waals surface area contributed by atoms with E-state index < -0.39 is 0 Å². The number of fused-ring (bicyclic) bond motifs is 2. The van der Waals surface area contributed by atoms with E-state index in [-0.39, 0.29) is 0 Å². The van der Waals surface area contributed by atoms with Crippen LogP contribution >= 0.6 is 34.5 Å². The van der Waals surface area contributed by atoms with Gasteiger partial charge < -0.3 is 0 Å². The van der Waals surface area contributed by atoms with E-state index in [9.17, 15) is 0 Å².